The molecular formula is C19H30O4. The Labute approximate surface area is 139 Å². The van der Waals surface area contributed by atoms with E-state index < -0.39 is 12.6 Å². The standard InChI is InChI=1S/C19H30O4/c1-12-9-19-7-4-5-13(17(19)14(21)6-8-19)15(10-18(12,2)3)23-16(22)11-20/h12-13,15,17,20H,4-11H2,1-3H3/t12-,13?,15-,17?,19?/m0/s1. The molecule has 4 nitrogen and oxygen atoms in total. The molecule has 23 heavy (non-hydrogen) atoms. The molecule has 0 radical (unpaired) electrons. The molecule has 0 spiro atoms. The number of hydrogen-bond donors (Lipinski definition) is 1. The molecule has 4 heteroatoms. The largest absolute Gasteiger partial charge is 0.460 e. The number of hydrogen-bond acceptors (Lipinski definition) is 4. The first kappa shape index (κ1) is 16.9. The van der Waals surface area contributed by atoms with Crippen molar-refractivity contribution in [1.29, 1.82) is 0 Å². The van der Waals surface area contributed by atoms with E-state index in [0.29, 0.717) is 18.1 Å². The zero-order chi connectivity index (χ0) is 16.8. The van der Waals surface area contributed by atoms with E-state index in [1.807, 2.05) is 0 Å². The summed E-state index contributed by atoms with van der Waals surface area (Å²) in [5.74, 6) is 0.518. The summed E-state index contributed by atoms with van der Waals surface area (Å²) < 4.78 is 5.66. The van der Waals surface area contributed by atoms with Gasteiger partial charge in [-0.1, -0.05) is 27.2 Å². The Bertz CT molecular complexity index is 498. The van der Waals surface area contributed by atoms with Gasteiger partial charge in [-0.3, -0.25) is 4.79 Å². The summed E-state index contributed by atoms with van der Waals surface area (Å²) in [5, 5.41) is 9.09. The number of aliphatic hydroxyl groups is 1. The molecule has 3 aliphatic rings. The number of carbonyl (C=O) groups excluding carboxylic acids is 2. The van der Waals surface area contributed by atoms with E-state index >= 15 is 0 Å². The van der Waals surface area contributed by atoms with E-state index in [2.05, 4.69) is 20.8 Å². The minimum Gasteiger partial charge on any atom is -0.460 e. The molecule has 3 aliphatic carbocycles. The molecule has 0 saturated heterocycles. The zero-order valence-corrected chi connectivity index (χ0v) is 14.6. The predicted molar refractivity (Wildman–Crippen MR) is 86.6 cm³/mol. The second kappa shape index (κ2) is 5.87. The lowest BCUT2D eigenvalue weighted by Gasteiger charge is -2.52. The predicted octanol–water partition coefficient (Wildman–Crippen LogP) is 3.11. The maximum Gasteiger partial charge on any atom is 0.332 e. The number of ketones is 1. The van der Waals surface area contributed by atoms with Crippen LogP contribution in [0.1, 0.15) is 65.7 Å². The summed E-state index contributed by atoms with van der Waals surface area (Å²) in [4.78, 5) is 24.4. The van der Waals surface area contributed by atoms with Gasteiger partial charge in [-0.25, -0.2) is 4.79 Å². The molecule has 0 aromatic rings. The van der Waals surface area contributed by atoms with Crippen LogP contribution < -0.4 is 0 Å². The average molecular weight is 322 g/mol. The molecule has 3 unspecified atom stereocenters. The minimum absolute atomic E-state index is 0.0614. The normalized spacial score (nSPS) is 42.5. The van der Waals surface area contributed by atoms with Gasteiger partial charge >= 0.3 is 5.97 Å². The Kier molecular flexibility index (Phi) is 4.33. The number of aliphatic hydroxyl groups excluding tert-OH is 1. The molecule has 130 valence electrons. The monoisotopic (exact) mass is 322 g/mol. The first-order valence-electron chi connectivity index (χ1n) is 9.12. The Morgan fingerprint density at radius 2 is 2.04 bits per heavy atom. The summed E-state index contributed by atoms with van der Waals surface area (Å²) in [6.07, 6.45) is 6.59. The number of Topliss-reactive ketones (excluding diaryl/α,β-unsaturated/α-hetero) is 1. The number of esters is 1. The quantitative estimate of drug-likeness (QED) is 0.793. The Morgan fingerprint density at radius 1 is 1.30 bits per heavy atom. The lowest BCUT2D eigenvalue weighted by atomic mass is 9.53. The minimum atomic E-state index is -0.580. The number of rotatable bonds is 2. The van der Waals surface area contributed by atoms with Crippen LogP contribution in [0.5, 0.6) is 0 Å². The third-order valence-electron chi connectivity index (χ3n) is 7.18. The molecule has 0 aliphatic heterocycles. The van der Waals surface area contributed by atoms with Crippen molar-refractivity contribution in [2.45, 2.75) is 71.8 Å². The Balaban J connectivity index is 1.99. The van der Waals surface area contributed by atoms with Crippen LogP contribution in [0.2, 0.25) is 0 Å². The zero-order valence-electron chi connectivity index (χ0n) is 14.6. The second-order valence-electron chi connectivity index (χ2n) is 8.85. The molecule has 0 amide bonds. The van der Waals surface area contributed by atoms with Gasteiger partial charge in [0, 0.05) is 18.3 Å². The molecular weight excluding hydrogens is 292 g/mol. The first-order valence-corrected chi connectivity index (χ1v) is 9.12. The smallest absolute Gasteiger partial charge is 0.332 e. The summed E-state index contributed by atoms with van der Waals surface area (Å²) in [7, 11) is 0. The first-order chi connectivity index (χ1) is 10.8. The van der Waals surface area contributed by atoms with Gasteiger partial charge < -0.3 is 9.84 Å². The van der Waals surface area contributed by atoms with Gasteiger partial charge in [-0.2, -0.15) is 0 Å². The van der Waals surface area contributed by atoms with Crippen molar-refractivity contribution in [3.05, 3.63) is 0 Å². The van der Waals surface area contributed by atoms with Gasteiger partial charge in [0.1, 0.15) is 18.5 Å². The summed E-state index contributed by atoms with van der Waals surface area (Å²) in [6, 6.07) is 0. The van der Waals surface area contributed by atoms with Crippen molar-refractivity contribution < 1.29 is 19.4 Å². The average Bonchev–Trinajstić information content (AvgIpc) is 2.82. The fourth-order valence-electron chi connectivity index (χ4n) is 5.68. The SMILES string of the molecule is C[C@H]1CC23CCCC(C2C(=O)CC3)[C@@H](OC(=O)CO)CC1(C)C. The molecule has 3 fully saturated rings. The topological polar surface area (TPSA) is 63.6 Å². The van der Waals surface area contributed by atoms with E-state index in [-0.39, 0.29) is 28.8 Å². The third kappa shape index (κ3) is 2.84. The van der Waals surface area contributed by atoms with Gasteiger partial charge in [0.05, 0.1) is 0 Å². The lowest BCUT2D eigenvalue weighted by molar-refractivity contribution is -0.167. The van der Waals surface area contributed by atoms with E-state index in [1.54, 1.807) is 0 Å². The van der Waals surface area contributed by atoms with Crippen LogP contribution in [0.15, 0.2) is 0 Å². The van der Waals surface area contributed by atoms with Crippen molar-refractivity contribution >= 4 is 11.8 Å². The van der Waals surface area contributed by atoms with Crippen molar-refractivity contribution in [3.8, 4) is 0 Å². The van der Waals surface area contributed by atoms with Crippen LogP contribution in [-0.4, -0.2) is 29.6 Å². The third-order valence-corrected chi connectivity index (χ3v) is 7.18. The molecule has 2 bridgehead atoms. The van der Waals surface area contributed by atoms with Gasteiger partial charge in [-0.15, -0.1) is 0 Å². The van der Waals surface area contributed by atoms with Gasteiger partial charge in [0.25, 0.3) is 0 Å². The summed E-state index contributed by atoms with van der Waals surface area (Å²) >= 11 is 0. The highest BCUT2D eigenvalue weighted by molar-refractivity contribution is 5.85. The van der Waals surface area contributed by atoms with Crippen molar-refractivity contribution in [2.24, 2.45) is 28.6 Å². The highest BCUT2D eigenvalue weighted by Gasteiger charge is 2.58. The molecule has 5 atom stereocenters. The molecule has 3 rings (SSSR count). The van der Waals surface area contributed by atoms with Crippen LogP contribution in [0.3, 0.4) is 0 Å². The fourth-order valence-corrected chi connectivity index (χ4v) is 5.68. The molecule has 0 aromatic heterocycles. The fraction of sp³-hybridized carbons (Fsp3) is 0.895. The molecule has 0 aromatic carbocycles. The maximum absolute atomic E-state index is 12.7. The van der Waals surface area contributed by atoms with Crippen molar-refractivity contribution in [2.75, 3.05) is 6.61 Å². The lowest BCUT2D eigenvalue weighted by Crippen LogP contribution is -2.50. The molecule has 3 saturated carbocycles. The molecule has 1 N–H and O–H groups in total. The van der Waals surface area contributed by atoms with E-state index in [4.69, 9.17) is 9.84 Å². The van der Waals surface area contributed by atoms with E-state index in [9.17, 15) is 9.59 Å². The maximum atomic E-state index is 12.7. The molecule has 0 heterocycles. The highest BCUT2D eigenvalue weighted by atomic mass is 16.6. The van der Waals surface area contributed by atoms with E-state index in [0.717, 1.165) is 38.5 Å². The van der Waals surface area contributed by atoms with E-state index in [1.165, 1.54) is 0 Å². The van der Waals surface area contributed by atoms with Crippen LogP contribution in [0.4, 0.5) is 0 Å². The van der Waals surface area contributed by atoms with Gasteiger partial charge in [-0.05, 0) is 48.9 Å². The Hall–Kier alpha value is -0.900. The number of ether oxygens (including phenoxy) is 1. The van der Waals surface area contributed by atoms with Crippen molar-refractivity contribution in [3.63, 3.8) is 0 Å². The van der Waals surface area contributed by atoms with Crippen molar-refractivity contribution in [1.82, 2.24) is 0 Å². The van der Waals surface area contributed by atoms with Gasteiger partial charge in [0.15, 0.2) is 0 Å². The van der Waals surface area contributed by atoms with Crippen LogP contribution >= 0.6 is 0 Å². The summed E-state index contributed by atoms with van der Waals surface area (Å²) in [6.45, 7) is 6.21. The highest BCUT2D eigenvalue weighted by Crippen LogP contribution is 2.61. The summed E-state index contributed by atoms with van der Waals surface area (Å²) in [5.41, 5.74) is 0.195. The number of carbonyl (C=O) groups is 2. The Morgan fingerprint density at radius 3 is 2.74 bits per heavy atom. The van der Waals surface area contributed by atoms with Crippen LogP contribution in [0, 0.1) is 28.6 Å². The van der Waals surface area contributed by atoms with Crippen LogP contribution in [-0.2, 0) is 14.3 Å². The van der Waals surface area contributed by atoms with Crippen LogP contribution in [0.25, 0.3) is 0 Å². The second-order valence-corrected chi connectivity index (χ2v) is 8.85. The van der Waals surface area contributed by atoms with Gasteiger partial charge in [0.2, 0.25) is 0 Å².